The molecule has 1 N–H and O–H groups in total. The molecule has 1 aliphatic rings. The Morgan fingerprint density at radius 2 is 1.24 bits per heavy atom. The lowest BCUT2D eigenvalue weighted by Crippen LogP contribution is -2.63. The monoisotopic (exact) mass is 704 g/mol. The zero-order valence-electron chi connectivity index (χ0n) is 26.3. The molecule has 250 valence electrons. The smallest absolute Gasteiger partial charge is 0.417 e. The van der Waals surface area contributed by atoms with E-state index >= 15 is 0 Å². The Bertz CT molecular complexity index is 2010. The van der Waals surface area contributed by atoms with Crippen molar-refractivity contribution < 1.29 is 33.9 Å². The molecule has 2 atom stereocenters. The van der Waals surface area contributed by atoms with Crippen molar-refractivity contribution in [3.63, 3.8) is 0 Å². The largest absolute Gasteiger partial charge is 0.478 e. The summed E-state index contributed by atoms with van der Waals surface area (Å²) in [6, 6.07) is 40.4. The normalized spacial score (nSPS) is 15.4. The van der Waals surface area contributed by atoms with E-state index in [-0.39, 0.29) is 23.4 Å². The van der Waals surface area contributed by atoms with E-state index in [1.54, 1.807) is 0 Å². The molecule has 1 heterocycles. The second-order valence-corrected chi connectivity index (χ2v) is 15.7. The fourth-order valence-corrected chi connectivity index (χ4v) is 11.1. The third-order valence-corrected chi connectivity index (χ3v) is 13.6. The number of nitro groups is 1. The van der Waals surface area contributed by atoms with Crippen LogP contribution in [0.1, 0.15) is 26.3 Å². The minimum absolute atomic E-state index is 0.0104. The Morgan fingerprint density at radius 3 is 1.70 bits per heavy atom. The molecule has 0 bridgehead atoms. The zero-order valence-corrected chi connectivity index (χ0v) is 28.0. The van der Waals surface area contributed by atoms with E-state index in [0.717, 1.165) is 32.6 Å². The molecule has 6 rings (SSSR count). The second-order valence-electron chi connectivity index (χ2n) is 11.3. The lowest BCUT2D eigenvalue weighted by atomic mass is 10.0. The number of benzene rings is 5. The number of likely N-dealkylation sites (tertiary alicyclic amines) is 1. The Balaban J connectivity index is 1.42. The fraction of sp³-hybridized carbons (Fsp3) is 0.0789. The number of ether oxygens (including phenoxy) is 1. The first-order valence-corrected chi connectivity index (χ1v) is 18.1. The predicted octanol–water partition coefficient (Wildman–Crippen LogP) is 6.08. The topological polar surface area (TPSA) is 144 Å². The van der Waals surface area contributed by atoms with Crippen molar-refractivity contribution in [2.24, 2.45) is 5.92 Å². The number of nitro benzene ring substituents is 1. The number of carbonyl (C=O) groups is 4. The number of carboxylic acids is 1. The number of non-ortho nitro benzene ring substituents is 1. The maximum atomic E-state index is 14.1. The Kier molecular flexibility index (Phi) is 10.1. The number of aromatic carboxylic acids is 1. The highest BCUT2D eigenvalue weighted by atomic mass is 32.2. The summed E-state index contributed by atoms with van der Waals surface area (Å²) in [5.41, 5.74) is 0.564. The lowest BCUT2D eigenvalue weighted by Gasteiger charge is -2.44. The van der Waals surface area contributed by atoms with E-state index in [0.29, 0.717) is 5.56 Å². The van der Waals surface area contributed by atoms with Gasteiger partial charge in [-0.1, -0.05) is 109 Å². The van der Waals surface area contributed by atoms with Crippen molar-refractivity contribution >= 4 is 69.1 Å². The molecular formula is C38H29N2O8PS. The molecule has 5 aromatic rings. The number of amides is 2. The predicted molar refractivity (Wildman–Crippen MR) is 194 cm³/mol. The molecule has 2 unspecified atom stereocenters. The van der Waals surface area contributed by atoms with Gasteiger partial charge >= 0.3 is 12.1 Å². The summed E-state index contributed by atoms with van der Waals surface area (Å²) < 4.78 is 5.50. The molecule has 1 saturated heterocycles. The van der Waals surface area contributed by atoms with Crippen molar-refractivity contribution in [3.05, 3.63) is 166 Å². The van der Waals surface area contributed by atoms with E-state index in [1.165, 1.54) is 48.5 Å². The summed E-state index contributed by atoms with van der Waals surface area (Å²) in [5.74, 6) is -0.588. The van der Waals surface area contributed by atoms with Crippen LogP contribution in [0.15, 0.2) is 140 Å². The highest BCUT2D eigenvalue weighted by molar-refractivity contribution is 8.14. The second kappa shape index (κ2) is 14.8. The van der Waals surface area contributed by atoms with Crippen LogP contribution in [0, 0.1) is 16.0 Å². The number of β-lactam (4-membered cyclic amide) rings is 1. The Labute approximate surface area is 291 Å². The van der Waals surface area contributed by atoms with Gasteiger partial charge < -0.3 is 9.84 Å². The van der Waals surface area contributed by atoms with Gasteiger partial charge in [0.25, 0.3) is 5.69 Å². The zero-order chi connectivity index (χ0) is 35.3. The molecule has 5 aromatic carbocycles. The number of carbonyl (C=O) groups excluding carboxylic acids is 3. The first-order chi connectivity index (χ1) is 24.2. The average molecular weight is 705 g/mol. The number of imide groups is 1. The van der Waals surface area contributed by atoms with E-state index in [9.17, 15) is 34.4 Å². The number of hydrogen-bond acceptors (Lipinski definition) is 8. The van der Waals surface area contributed by atoms with E-state index < -0.39 is 46.2 Å². The van der Waals surface area contributed by atoms with Crippen molar-refractivity contribution in [3.8, 4) is 0 Å². The summed E-state index contributed by atoms with van der Waals surface area (Å²) in [5, 5.41) is 21.8. The number of nitrogens with zero attached hydrogens (tertiary/aromatic N) is 2. The first-order valence-electron chi connectivity index (χ1n) is 15.4. The molecule has 0 aromatic heterocycles. The summed E-state index contributed by atoms with van der Waals surface area (Å²) in [4.78, 5) is 64.1. The van der Waals surface area contributed by atoms with Crippen LogP contribution in [0.25, 0.3) is 0 Å². The van der Waals surface area contributed by atoms with Crippen LogP contribution in [0.2, 0.25) is 0 Å². The number of carboxylic acid groups (broad SMARTS) is 1. The van der Waals surface area contributed by atoms with Crippen molar-refractivity contribution in [1.82, 2.24) is 4.90 Å². The fourth-order valence-electron chi connectivity index (χ4n) is 5.73. The summed E-state index contributed by atoms with van der Waals surface area (Å²) >= 11 is 0.785. The highest BCUT2D eigenvalue weighted by Crippen LogP contribution is 2.48. The van der Waals surface area contributed by atoms with Crippen LogP contribution in [-0.2, 0) is 16.1 Å². The molecular weight excluding hydrogens is 675 g/mol. The quantitative estimate of drug-likeness (QED) is 0.0791. The van der Waals surface area contributed by atoms with Crippen LogP contribution < -0.4 is 15.9 Å². The van der Waals surface area contributed by atoms with Crippen LogP contribution >= 0.6 is 18.6 Å². The summed E-state index contributed by atoms with van der Waals surface area (Å²) in [6.07, 6.45) is -0.965. The highest BCUT2D eigenvalue weighted by Gasteiger charge is 2.53. The Hall–Kier alpha value is -5.77. The number of hydrogen-bond donors (Lipinski definition) is 1. The van der Waals surface area contributed by atoms with Gasteiger partial charge in [0.1, 0.15) is 12.0 Å². The molecule has 0 saturated carbocycles. The standard InChI is InChI=1S/C38H29N2O8PS/c41-34-33(25-49(30-10-4-1-5-11-30,31-12-6-2-7-13-31)32-14-8-3-9-15-32)35(50-37(44)28-20-18-27(19-21-28)36(42)43)39(34)38(45)48-24-26-16-22-29(23-17-26)40(46)47/h1-23,25,33,35H,24H2,(H,42,43). The minimum Gasteiger partial charge on any atom is -0.478 e. The average Bonchev–Trinajstić information content (AvgIpc) is 3.15. The third kappa shape index (κ3) is 6.87. The molecule has 2 amide bonds. The molecule has 0 spiro atoms. The van der Waals surface area contributed by atoms with Crippen LogP contribution in [0.4, 0.5) is 10.5 Å². The van der Waals surface area contributed by atoms with Crippen molar-refractivity contribution in [2.75, 3.05) is 0 Å². The van der Waals surface area contributed by atoms with Gasteiger partial charge in [-0.05, 0) is 64.8 Å². The van der Waals surface area contributed by atoms with Gasteiger partial charge in [-0.25, -0.2) is 14.5 Å². The maximum Gasteiger partial charge on any atom is 0.417 e. The van der Waals surface area contributed by atoms with Gasteiger partial charge in [-0.15, -0.1) is 0 Å². The van der Waals surface area contributed by atoms with Crippen LogP contribution in [0.3, 0.4) is 0 Å². The van der Waals surface area contributed by atoms with Gasteiger partial charge in [0.2, 0.25) is 11.0 Å². The molecule has 0 radical (unpaired) electrons. The third-order valence-electron chi connectivity index (χ3n) is 8.26. The molecule has 1 fully saturated rings. The molecule has 0 aliphatic carbocycles. The van der Waals surface area contributed by atoms with E-state index in [1.807, 2.05) is 96.8 Å². The van der Waals surface area contributed by atoms with Gasteiger partial charge in [0.15, 0.2) is 0 Å². The van der Waals surface area contributed by atoms with Crippen molar-refractivity contribution in [2.45, 2.75) is 12.0 Å². The van der Waals surface area contributed by atoms with E-state index in [4.69, 9.17) is 4.74 Å². The molecule has 50 heavy (non-hydrogen) atoms. The molecule has 12 heteroatoms. The van der Waals surface area contributed by atoms with Crippen LogP contribution in [-0.4, -0.2) is 49.2 Å². The van der Waals surface area contributed by atoms with Gasteiger partial charge in [0, 0.05) is 17.7 Å². The van der Waals surface area contributed by atoms with Gasteiger partial charge in [0.05, 0.1) is 16.4 Å². The number of thioether (sulfide) groups is 1. The first kappa shape index (κ1) is 34.1. The Morgan fingerprint density at radius 1 is 0.760 bits per heavy atom. The minimum atomic E-state index is -2.68. The summed E-state index contributed by atoms with van der Waals surface area (Å²) in [7, 11) is 0. The maximum absolute atomic E-state index is 14.1. The molecule has 1 aliphatic heterocycles. The van der Waals surface area contributed by atoms with Crippen molar-refractivity contribution in [1.29, 1.82) is 0 Å². The summed E-state index contributed by atoms with van der Waals surface area (Å²) in [6.45, 7) is -2.94. The van der Waals surface area contributed by atoms with E-state index in [2.05, 4.69) is 0 Å². The SMILES string of the molecule is O=C(O)c1ccc(C(=O)SC2C(C=P(c3ccccc3)(c3ccccc3)c3ccccc3)C(=O)N2C(=O)OCc2ccc([N+](=O)[O-])cc2)cc1. The van der Waals surface area contributed by atoms with Gasteiger partial charge in [-0.3, -0.25) is 19.7 Å². The van der Waals surface area contributed by atoms with Crippen LogP contribution in [0.5, 0.6) is 0 Å². The lowest BCUT2D eigenvalue weighted by molar-refractivity contribution is -0.384. The number of rotatable bonds is 10. The van der Waals surface area contributed by atoms with Gasteiger partial charge in [-0.2, -0.15) is 0 Å². The molecule has 10 nitrogen and oxygen atoms in total.